The van der Waals surface area contributed by atoms with Crippen molar-refractivity contribution in [1.29, 1.82) is 0 Å². The number of imidazole rings is 1. The van der Waals surface area contributed by atoms with E-state index in [4.69, 9.17) is 9.98 Å². The highest BCUT2D eigenvalue weighted by atomic mass is 15.3. The number of rotatable bonds is 8. The molecule has 0 saturated carbocycles. The van der Waals surface area contributed by atoms with Crippen LogP contribution in [-0.2, 0) is 0 Å². The maximum Gasteiger partial charge on any atom is 0.145 e. The zero-order valence-corrected chi connectivity index (χ0v) is 37.2. The molecule has 2 atom stereocenters. The summed E-state index contributed by atoms with van der Waals surface area (Å²) >= 11 is 0. The molecule has 0 radical (unpaired) electrons. The number of hydrogen-bond donors (Lipinski definition) is 0. The fraction of sp³-hybridized carbons (Fsp3) is 0.0312. The van der Waals surface area contributed by atoms with Gasteiger partial charge in [0, 0.05) is 22.5 Å². The Balaban J connectivity index is 1.02. The smallest absolute Gasteiger partial charge is 0.145 e. The van der Waals surface area contributed by atoms with E-state index in [0.29, 0.717) is 0 Å². The number of aromatic nitrogens is 2. The predicted molar refractivity (Wildman–Crippen MR) is 285 cm³/mol. The first-order valence-corrected chi connectivity index (χ1v) is 23.4. The number of nitrogens with zero attached hydrogens (tertiary/aromatic N) is 4. The van der Waals surface area contributed by atoms with Crippen LogP contribution < -0.4 is 4.90 Å². The summed E-state index contributed by atoms with van der Waals surface area (Å²) in [5.74, 6) is 1.92. The third kappa shape index (κ3) is 6.77. The fourth-order valence-corrected chi connectivity index (χ4v) is 10.5. The normalized spacial score (nSPS) is 15.3. The quantitative estimate of drug-likeness (QED) is 0.143. The lowest BCUT2D eigenvalue weighted by Crippen LogP contribution is -2.39. The van der Waals surface area contributed by atoms with Gasteiger partial charge in [-0.15, -0.1) is 0 Å². The highest BCUT2D eigenvalue weighted by molar-refractivity contribution is 6.22. The summed E-state index contributed by atoms with van der Waals surface area (Å²) < 4.78 is 2.29. The van der Waals surface area contributed by atoms with E-state index in [1.165, 1.54) is 54.9 Å². The van der Waals surface area contributed by atoms with Gasteiger partial charge in [0.2, 0.25) is 0 Å². The third-order valence-corrected chi connectivity index (χ3v) is 13.7. The molecule has 13 rings (SSSR count). The molecule has 1 unspecified atom stereocenters. The van der Waals surface area contributed by atoms with Gasteiger partial charge in [0.25, 0.3) is 0 Å². The van der Waals surface area contributed by atoms with Gasteiger partial charge < -0.3 is 4.90 Å². The lowest BCUT2D eigenvalue weighted by Gasteiger charge is -2.29. The lowest BCUT2D eigenvalue weighted by molar-refractivity contribution is 0.739. The van der Waals surface area contributed by atoms with Crippen molar-refractivity contribution < 1.29 is 0 Å². The van der Waals surface area contributed by atoms with Crippen molar-refractivity contribution in [3.8, 4) is 61.6 Å². The van der Waals surface area contributed by atoms with Crippen LogP contribution in [0, 0.1) is 0 Å². The summed E-state index contributed by atoms with van der Waals surface area (Å²) in [5.41, 5.74) is 15.9. The third-order valence-electron chi connectivity index (χ3n) is 13.7. The zero-order valence-electron chi connectivity index (χ0n) is 37.2. The van der Waals surface area contributed by atoms with Crippen molar-refractivity contribution in [2.75, 3.05) is 4.90 Å². The molecule has 11 aromatic rings. The number of aliphatic imine (C=N–C) groups is 1. The molecule has 320 valence electrons. The van der Waals surface area contributed by atoms with Crippen LogP contribution in [0.4, 0.5) is 5.69 Å². The summed E-state index contributed by atoms with van der Waals surface area (Å²) in [6, 6.07) is 83.5. The largest absolute Gasteiger partial charge is 0.317 e. The molecule has 0 saturated heterocycles. The van der Waals surface area contributed by atoms with Crippen LogP contribution in [0.15, 0.2) is 260 Å². The van der Waals surface area contributed by atoms with Gasteiger partial charge in [0.05, 0.1) is 23.1 Å². The molecule has 68 heavy (non-hydrogen) atoms. The van der Waals surface area contributed by atoms with Gasteiger partial charge in [0.1, 0.15) is 11.7 Å². The number of anilines is 1. The molecule has 0 bridgehead atoms. The van der Waals surface area contributed by atoms with Crippen molar-refractivity contribution >= 4 is 44.1 Å². The fourth-order valence-electron chi connectivity index (χ4n) is 10.5. The molecule has 1 aliphatic heterocycles. The van der Waals surface area contributed by atoms with Crippen LogP contribution >= 0.6 is 0 Å². The first kappa shape index (κ1) is 39.5. The van der Waals surface area contributed by atoms with Crippen LogP contribution in [0.25, 0.3) is 94.2 Å². The minimum absolute atomic E-state index is 0.0600. The standard InChI is InChI=1S/C64H44N4/c1-5-17-43(18-6-1)49-33-39-53-55(41-49)61(45-29-35-51(36-30-45)67-59-27-15-13-25-57(59)65-63(67)47-21-9-3-10-22-47)54-40-34-50(44-19-7-2-8-20-44)42-56(54)62(53)46-31-37-52(38-32-46)68-60-28-16-14-26-58(60)66-64(68)48-23-11-4-12-24-48/h1-42,57,59H/t57-,59?/m0/s1. The van der Waals surface area contributed by atoms with Gasteiger partial charge >= 0.3 is 0 Å². The Morgan fingerprint density at radius 1 is 0.353 bits per heavy atom. The van der Waals surface area contributed by atoms with Gasteiger partial charge in [-0.05, 0) is 115 Å². The number of amidine groups is 1. The Kier molecular flexibility index (Phi) is 9.61. The average Bonchev–Trinajstić information content (AvgIpc) is 4.01. The van der Waals surface area contributed by atoms with Crippen molar-refractivity contribution in [3.05, 3.63) is 260 Å². The Bertz CT molecular complexity index is 3760. The van der Waals surface area contributed by atoms with Gasteiger partial charge in [-0.3, -0.25) is 9.56 Å². The van der Waals surface area contributed by atoms with E-state index < -0.39 is 0 Å². The highest BCUT2D eigenvalue weighted by Crippen LogP contribution is 2.47. The van der Waals surface area contributed by atoms with Gasteiger partial charge in [-0.2, -0.15) is 0 Å². The van der Waals surface area contributed by atoms with Crippen LogP contribution in [0.2, 0.25) is 0 Å². The molecule has 10 aromatic carbocycles. The van der Waals surface area contributed by atoms with Gasteiger partial charge in [-0.1, -0.05) is 206 Å². The Labute approximate surface area is 395 Å². The SMILES string of the molecule is C1=CC2[C@H](C=C1)N=C(c1ccccc1)N2c1ccc(-c2c3ccc(-c4ccccc4)cc3c(-c3ccc(-n4c(-c5ccccc5)nc5ccccc54)cc3)c3ccc(-c4ccccc4)cc23)cc1. The van der Waals surface area contributed by atoms with Crippen molar-refractivity contribution in [1.82, 2.24) is 9.55 Å². The second-order valence-corrected chi connectivity index (χ2v) is 17.7. The number of allylic oxidation sites excluding steroid dienone is 2. The van der Waals surface area contributed by atoms with Crippen LogP contribution in [0.1, 0.15) is 5.56 Å². The van der Waals surface area contributed by atoms with E-state index in [-0.39, 0.29) is 12.1 Å². The Hall–Kier alpha value is -8.86. The van der Waals surface area contributed by atoms with E-state index in [2.05, 4.69) is 264 Å². The van der Waals surface area contributed by atoms with Crippen LogP contribution in [0.3, 0.4) is 0 Å². The van der Waals surface area contributed by atoms with E-state index >= 15 is 0 Å². The maximum absolute atomic E-state index is 5.26. The molecule has 2 heterocycles. The summed E-state index contributed by atoms with van der Waals surface area (Å²) in [5, 5.41) is 4.82. The lowest BCUT2D eigenvalue weighted by atomic mass is 9.83. The molecular formula is C64H44N4. The number of fused-ring (bicyclic) bond motifs is 4. The van der Waals surface area contributed by atoms with E-state index in [0.717, 1.165) is 56.3 Å². The minimum atomic E-state index is 0.0600. The number of hydrogen-bond acceptors (Lipinski definition) is 3. The summed E-state index contributed by atoms with van der Waals surface area (Å²) in [6.45, 7) is 0. The Morgan fingerprint density at radius 2 is 0.824 bits per heavy atom. The van der Waals surface area contributed by atoms with Gasteiger partial charge in [-0.25, -0.2) is 4.98 Å². The molecule has 0 N–H and O–H groups in total. The maximum atomic E-state index is 5.26. The molecule has 2 aliphatic rings. The van der Waals surface area contributed by atoms with E-state index in [1.54, 1.807) is 0 Å². The van der Waals surface area contributed by atoms with Crippen molar-refractivity contribution in [2.45, 2.75) is 12.1 Å². The molecule has 1 aromatic heterocycles. The molecule has 4 nitrogen and oxygen atoms in total. The van der Waals surface area contributed by atoms with E-state index in [1.807, 2.05) is 0 Å². The molecule has 0 fully saturated rings. The molecular weight excluding hydrogens is 825 g/mol. The molecule has 4 heteroatoms. The first-order valence-electron chi connectivity index (χ1n) is 23.4. The monoisotopic (exact) mass is 868 g/mol. The molecule has 0 spiro atoms. The average molecular weight is 869 g/mol. The highest BCUT2D eigenvalue weighted by Gasteiger charge is 2.35. The topological polar surface area (TPSA) is 33.4 Å². The zero-order chi connectivity index (χ0) is 45.0. The first-order chi connectivity index (χ1) is 33.7. The van der Waals surface area contributed by atoms with Crippen LogP contribution in [0.5, 0.6) is 0 Å². The minimum Gasteiger partial charge on any atom is -0.317 e. The second-order valence-electron chi connectivity index (χ2n) is 17.7. The Morgan fingerprint density at radius 3 is 1.40 bits per heavy atom. The van der Waals surface area contributed by atoms with Crippen molar-refractivity contribution in [3.63, 3.8) is 0 Å². The molecule has 1 aliphatic carbocycles. The second kappa shape index (κ2) is 16.5. The number of benzene rings is 10. The van der Waals surface area contributed by atoms with Crippen LogP contribution in [-0.4, -0.2) is 27.5 Å². The molecule has 0 amide bonds. The van der Waals surface area contributed by atoms with Crippen molar-refractivity contribution in [2.24, 2.45) is 4.99 Å². The summed E-state index contributed by atoms with van der Waals surface area (Å²) in [4.78, 5) is 12.8. The van der Waals surface area contributed by atoms with E-state index in [9.17, 15) is 0 Å². The van der Waals surface area contributed by atoms with Gasteiger partial charge in [0.15, 0.2) is 0 Å². The summed E-state index contributed by atoms with van der Waals surface area (Å²) in [7, 11) is 0. The summed E-state index contributed by atoms with van der Waals surface area (Å²) in [6.07, 6.45) is 8.75. The predicted octanol–water partition coefficient (Wildman–Crippen LogP) is 15.8. The number of para-hydroxylation sites is 2.